The van der Waals surface area contributed by atoms with Gasteiger partial charge >= 0.3 is 0 Å². The number of nitrogens with zero attached hydrogens (tertiary/aromatic N) is 4. The van der Waals surface area contributed by atoms with Crippen LogP contribution in [0.4, 0.5) is 0 Å². The first kappa shape index (κ1) is 26.2. The van der Waals surface area contributed by atoms with Gasteiger partial charge in [-0.25, -0.2) is 9.97 Å². The van der Waals surface area contributed by atoms with Gasteiger partial charge in [0.1, 0.15) is 0 Å². The van der Waals surface area contributed by atoms with Gasteiger partial charge in [-0.1, -0.05) is 121 Å². The Morgan fingerprint density at radius 3 is 1.87 bits per heavy atom. The Bertz CT molecular complexity index is 2570. The standard InChI is InChI=1S/C42H26N4/c1-2-9-27(10-3-1)28-17-19-30(20-18-28)42-45-38(35-15-6-14-33-32-13-5-4-11-29(32)21-22-34(33)35)26-39(46-42)37-25-31-12-7-23-43-40(31)41-36(37)16-8-24-44-41/h1-26H. The predicted molar refractivity (Wildman–Crippen MR) is 189 cm³/mol. The summed E-state index contributed by atoms with van der Waals surface area (Å²) in [5.41, 5.74) is 8.81. The fourth-order valence-electron chi connectivity index (χ4n) is 6.55. The topological polar surface area (TPSA) is 51.6 Å². The first-order valence-electron chi connectivity index (χ1n) is 15.4. The molecule has 0 bridgehead atoms. The molecule has 3 heterocycles. The second kappa shape index (κ2) is 10.7. The average molecular weight is 587 g/mol. The van der Waals surface area contributed by atoms with Crippen LogP contribution in [0, 0.1) is 0 Å². The van der Waals surface area contributed by atoms with Crippen LogP contribution in [0.5, 0.6) is 0 Å². The van der Waals surface area contributed by atoms with Crippen molar-refractivity contribution < 1.29 is 0 Å². The Kier molecular flexibility index (Phi) is 6.10. The van der Waals surface area contributed by atoms with Crippen LogP contribution in [-0.2, 0) is 0 Å². The molecular weight excluding hydrogens is 560 g/mol. The van der Waals surface area contributed by atoms with Crippen LogP contribution < -0.4 is 0 Å². The molecule has 0 spiro atoms. The number of aromatic nitrogens is 4. The van der Waals surface area contributed by atoms with Crippen molar-refractivity contribution in [3.05, 3.63) is 158 Å². The molecule has 0 amide bonds. The van der Waals surface area contributed by atoms with Gasteiger partial charge in [0.15, 0.2) is 5.82 Å². The third kappa shape index (κ3) is 4.39. The van der Waals surface area contributed by atoms with Gasteiger partial charge in [-0.15, -0.1) is 0 Å². The molecule has 0 unspecified atom stereocenters. The Labute approximate surface area is 265 Å². The fraction of sp³-hybridized carbons (Fsp3) is 0. The molecule has 0 aliphatic rings. The largest absolute Gasteiger partial charge is 0.254 e. The molecule has 4 heteroatoms. The molecule has 9 rings (SSSR count). The van der Waals surface area contributed by atoms with Gasteiger partial charge in [-0.05, 0) is 56.9 Å². The van der Waals surface area contributed by atoms with Crippen molar-refractivity contribution in [3.63, 3.8) is 0 Å². The van der Waals surface area contributed by atoms with E-state index in [4.69, 9.17) is 15.0 Å². The first-order chi connectivity index (χ1) is 22.8. The lowest BCUT2D eigenvalue weighted by molar-refractivity contribution is 1.19. The van der Waals surface area contributed by atoms with Crippen LogP contribution >= 0.6 is 0 Å². The zero-order chi connectivity index (χ0) is 30.5. The number of hydrogen-bond donors (Lipinski definition) is 0. The normalized spacial score (nSPS) is 11.5. The number of pyridine rings is 2. The molecule has 0 saturated carbocycles. The second-order valence-corrected chi connectivity index (χ2v) is 11.5. The van der Waals surface area contributed by atoms with Crippen LogP contribution in [0.3, 0.4) is 0 Å². The molecule has 9 aromatic rings. The van der Waals surface area contributed by atoms with Gasteiger partial charge in [0.2, 0.25) is 0 Å². The summed E-state index contributed by atoms with van der Waals surface area (Å²) in [6.07, 6.45) is 3.64. The van der Waals surface area contributed by atoms with E-state index in [-0.39, 0.29) is 0 Å². The molecule has 0 aliphatic heterocycles. The van der Waals surface area contributed by atoms with E-state index in [9.17, 15) is 0 Å². The fourth-order valence-corrected chi connectivity index (χ4v) is 6.55. The third-order valence-corrected chi connectivity index (χ3v) is 8.78. The monoisotopic (exact) mass is 586 g/mol. The molecule has 6 aromatic carbocycles. The van der Waals surface area contributed by atoms with Crippen LogP contribution in [0.25, 0.3) is 88.4 Å². The summed E-state index contributed by atoms with van der Waals surface area (Å²) >= 11 is 0. The number of hydrogen-bond acceptors (Lipinski definition) is 4. The van der Waals surface area contributed by atoms with Gasteiger partial charge in [0, 0.05) is 39.9 Å². The number of fused-ring (bicyclic) bond motifs is 6. The molecule has 4 nitrogen and oxygen atoms in total. The maximum absolute atomic E-state index is 5.24. The Morgan fingerprint density at radius 2 is 1.00 bits per heavy atom. The van der Waals surface area contributed by atoms with Crippen molar-refractivity contribution in [1.82, 2.24) is 19.9 Å². The summed E-state index contributed by atoms with van der Waals surface area (Å²) < 4.78 is 0. The van der Waals surface area contributed by atoms with E-state index < -0.39 is 0 Å². The minimum absolute atomic E-state index is 0.674. The predicted octanol–water partition coefficient (Wildman–Crippen LogP) is 10.5. The van der Waals surface area contributed by atoms with Crippen molar-refractivity contribution in [2.75, 3.05) is 0 Å². The van der Waals surface area contributed by atoms with E-state index in [1.807, 2.05) is 30.6 Å². The van der Waals surface area contributed by atoms with Gasteiger partial charge in [0.05, 0.1) is 22.4 Å². The van der Waals surface area contributed by atoms with Crippen LogP contribution in [0.2, 0.25) is 0 Å². The average Bonchev–Trinajstić information content (AvgIpc) is 3.14. The van der Waals surface area contributed by atoms with E-state index in [1.165, 1.54) is 21.7 Å². The maximum atomic E-state index is 5.24. The molecule has 214 valence electrons. The zero-order valence-corrected chi connectivity index (χ0v) is 24.8. The van der Waals surface area contributed by atoms with Crippen LogP contribution in [-0.4, -0.2) is 19.9 Å². The maximum Gasteiger partial charge on any atom is 0.160 e. The van der Waals surface area contributed by atoms with E-state index in [0.717, 1.165) is 60.8 Å². The third-order valence-electron chi connectivity index (χ3n) is 8.78. The Morgan fingerprint density at radius 1 is 0.348 bits per heavy atom. The summed E-state index contributed by atoms with van der Waals surface area (Å²) in [4.78, 5) is 19.9. The highest BCUT2D eigenvalue weighted by molar-refractivity contribution is 6.13. The molecule has 0 N–H and O–H groups in total. The van der Waals surface area contributed by atoms with Gasteiger partial charge < -0.3 is 0 Å². The highest BCUT2D eigenvalue weighted by atomic mass is 14.9. The summed E-state index contributed by atoms with van der Waals surface area (Å²) in [7, 11) is 0. The van der Waals surface area contributed by atoms with Gasteiger partial charge in [0.25, 0.3) is 0 Å². The SMILES string of the molecule is c1ccc(-c2ccc(-c3nc(-c4cccc5c4ccc4ccccc45)cc(-c4cc5cccnc5c5ncccc45)n3)cc2)cc1. The van der Waals surface area contributed by atoms with E-state index in [1.54, 1.807) is 0 Å². The number of rotatable bonds is 4. The van der Waals surface area contributed by atoms with E-state index in [0.29, 0.717) is 5.82 Å². The Hall–Kier alpha value is -6.26. The lowest BCUT2D eigenvalue weighted by atomic mass is 9.95. The first-order valence-corrected chi connectivity index (χ1v) is 15.4. The van der Waals surface area contributed by atoms with Gasteiger partial charge in [-0.3, -0.25) is 9.97 Å². The lowest BCUT2D eigenvalue weighted by Gasteiger charge is -2.14. The molecule has 3 aromatic heterocycles. The summed E-state index contributed by atoms with van der Waals surface area (Å²) in [6.45, 7) is 0. The van der Waals surface area contributed by atoms with Crippen molar-refractivity contribution in [2.45, 2.75) is 0 Å². The summed E-state index contributed by atoms with van der Waals surface area (Å²) in [5, 5.41) is 6.84. The van der Waals surface area contributed by atoms with Gasteiger partial charge in [-0.2, -0.15) is 0 Å². The molecule has 46 heavy (non-hydrogen) atoms. The van der Waals surface area contributed by atoms with Crippen molar-refractivity contribution >= 4 is 43.4 Å². The van der Waals surface area contributed by atoms with Crippen molar-refractivity contribution in [3.8, 4) is 45.0 Å². The smallest absolute Gasteiger partial charge is 0.160 e. The van der Waals surface area contributed by atoms with E-state index >= 15 is 0 Å². The minimum Gasteiger partial charge on any atom is -0.254 e. The van der Waals surface area contributed by atoms with Crippen LogP contribution in [0.15, 0.2) is 158 Å². The molecule has 0 saturated heterocycles. The quantitative estimate of drug-likeness (QED) is 0.193. The Balaban J connectivity index is 1.30. The highest BCUT2D eigenvalue weighted by Gasteiger charge is 2.17. The molecular formula is C42H26N4. The molecule has 0 atom stereocenters. The minimum atomic E-state index is 0.674. The number of benzene rings is 6. The van der Waals surface area contributed by atoms with Crippen molar-refractivity contribution in [1.29, 1.82) is 0 Å². The van der Waals surface area contributed by atoms with Crippen LogP contribution in [0.1, 0.15) is 0 Å². The lowest BCUT2D eigenvalue weighted by Crippen LogP contribution is -1.98. The molecule has 0 fully saturated rings. The second-order valence-electron chi connectivity index (χ2n) is 11.5. The summed E-state index contributed by atoms with van der Waals surface area (Å²) in [5.74, 6) is 0.674. The molecule has 0 radical (unpaired) electrons. The zero-order valence-electron chi connectivity index (χ0n) is 24.8. The van der Waals surface area contributed by atoms with E-state index in [2.05, 4.69) is 132 Å². The van der Waals surface area contributed by atoms with Crippen molar-refractivity contribution in [2.24, 2.45) is 0 Å². The molecule has 0 aliphatic carbocycles. The highest BCUT2D eigenvalue weighted by Crippen LogP contribution is 2.38. The summed E-state index contributed by atoms with van der Waals surface area (Å²) in [6, 6.07) is 50.8.